The number of morpholine rings is 1. The molecule has 1 aliphatic rings. The average molecular weight is 399 g/mol. The molecule has 2 aromatic carbocycles. The van der Waals surface area contributed by atoms with Crippen molar-refractivity contribution in [3.8, 4) is 0 Å². The molecule has 0 radical (unpaired) electrons. The number of ether oxygens (including phenoxy) is 1. The van der Waals surface area contributed by atoms with E-state index in [1.165, 1.54) is 29.0 Å². The number of carbonyl (C=O) groups is 1. The molecule has 2 heterocycles. The van der Waals surface area contributed by atoms with Gasteiger partial charge in [-0.25, -0.2) is 4.39 Å². The first kappa shape index (κ1) is 19.1. The number of rotatable bonds is 5. The van der Waals surface area contributed by atoms with Crippen LogP contribution in [-0.2, 0) is 4.74 Å². The Morgan fingerprint density at radius 3 is 2.68 bits per heavy atom. The Hall–Kier alpha value is -2.28. The Balaban J connectivity index is 1.55. The Bertz CT molecular complexity index is 964. The number of halogens is 1. The van der Waals surface area contributed by atoms with Gasteiger partial charge in [0.15, 0.2) is 0 Å². The minimum Gasteiger partial charge on any atom is -0.379 e. The number of nitrogens with one attached hydrogen (secondary N) is 1. The molecule has 6 heteroatoms. The van der Waals surface area contributed by atoms with Crippen LogP contribution in [0.5, 0.6) is 0 Å². The Kier molecular flexibility index (Phi) is 5.71. The highest BCUT2D eigenvalue weighted by atomic mass is 32.1. The van der Waals surface area contributed by atoms with Crippen molar-refractivity contribution in [1.29, 1.82) is 0 Å². The van der Waals surface area contributed by atoms with Crippen molar-refractivity contribution in [3.05, 3.63) is 70.4 Å². The fourth-order valence-corrected chi connectivity index (χ4v) is 4.41. The number of fused-ring (bicyclic) bond motifs is 1. The van der Waals surface area contributed by atoms with Gasteiger partial charge in [-0.05, 0) is 36.1 Å². The van der Waals surface area contributed by atoms with E-state index in [0.29, 0.717) is 4.88 Å². The largest absolute Gasteiger partial charge is 0.379 e. The number of hydrogen-bond acceptors (Lipinski definition) is 4. The molecule has 4 rings (SSSR count). The molecule has 0 bridgehead atoms. The molecule has 0 unspecified atom stereocenters. The van der Waals surface area contributed by atoms with Gasteiger partial charge in [0.05, 0.1) is 24.1 Å². The van der Waals surface area contributed by atoms with Gasteiger partial charge in [0.2, 0.25) is 0 Å². The summed E-state index contributed by atoms with van der Waals surface area (Å²) in [6.45, 7) is 5.95. The van der Waals surface area contributed by atoms with E-state index in [0.717, 1.165) is 48.5 Å². The van der Waals surface area contributed by atoms with Gasteiger partial charge in [-0.1, -0.05) is 35.9 Å². The van der Waals surface area contributed by atoms with Crippen molar-refractivity contribution in [2.45, 2.75) is 13.0 Å². The van der Waals surface area contributed by atoms with Gasteiger partial charge in [-0.15, -0.1) is 11.3 Å². The molecule has 4 nitrogen and oxygen atoms in total. The van der Waals surface area contributed by atoms with Crippen LogP contribution in [0.1, 0.15) is 26.8 Å². The quantitative estimate of drug-likeness (QED) is 0.702. The third-order valence-electron chi connectivity index (χ3n) is 5.04. The molecule has 0 aliphatic carbocycles. The van der Waals surface area contributed by atoms with Crippen LogP contribution in [0.2, 0.25) is 0 Å². The average Bonchev–Trinajstić information content (AvgIpc) is 3.12. The van der Waals surface area contributed by atoms with Crippen LogP contribution in [0.25, 0.3) is 10.1 Å². The monoisotopic (exact) mass is 398 g/mol. The van der Waals surface area contributed by atoms with Crippen molar-refractivity contribution in [2.75, 3.05) is 32.8 Å². The van der Waals surface area contributed by atoms with Crippen LogP contribution in [0, 0.1) is 12.7 Å². The summed E-state index contributed by atoms with van der Waals surface area (Å²) in [5.74, 6) is -0.411. The van der Waals surface area contributed by atoms with Gasteiger partial charge in [0.1, 0.15) is 5.82 Å². The number of benzene rings is 2. The third kappa shape index (κ3) is 4.41. The lowest BCUT2D eigenvalue weighted by molar-refractivity contribution is 0.0332. The molecule has 146 valence electrons. The van der Waals surface area contributed by atoms with E-state index in [9.17, 15) is 9.18 Å². The molecule has 1 aromatic heterocycles. The van der Waals surface area contributed by atoms with Gasteiger partial charge in [-0.2, -0.15) is 0 Å². The smallest absolute Gasteiger partial charge is 0.261 e. The van der Waals surface area contributed by atoms with Gasteiger partial charge < -0.3 is 10.1 Å². The van der Waals surface area contributed by atoms with Crippen molar-refractivity contribution in [1.82, 2.24) is 10.2 Å². The Morgan fingerprint density at radius 2 is 1.93 bits per heavy atom. The molecule has 0 saturated carbocycles. The standard InChI is InChI=1S/C22H23FN2O2S/c1-15-2-4-16(5-3-15)19(14-25-8-10-27-11-9-25)24-22(26)21-12-17-6-7-18(23)13-20(17)28-21/h2-7,12-13,19H,8-11,14H2,1H3,(H,24,26)/t19-/m1/s1. The topological polar surface area (TPSA) is 41.6 Å². The van der Waals surface area contributed by atoms with Crippen molar-refractivity contribution >= 4 is 27.3 Å². The van der Waals surface area contributed by atoms with Gasteiger partial charge >= 0.3 is 0 Å². The van der Waals surface area contributed by atoms with E-state index >= 15 is 0 Å². The molecule has 1 saturated heterocycles. The molecule has 1 amide bonds. The second-order valence-corrected chi connectivity index (χ2v) is 8.23. The Labute approximate surface area is 167 Å². The number of carbonyl (C=O) groups excluding carboxylic acids is 1. The molecule has 1 fully saturated rings. The molecule has 28 heavy (non-hydrogen) atoms. The zero-order valence-corrected chi connectivity index (χ0v) is 16.6. The van der Waals surface area contributed by atoms with Crippen molar-refractivity contribution in [2.24, 2.45) is 0 Å². The summed E-state index contributed by atoms with van der Waals surface area (Å²) in [5, 5.41) is 4.07. The lowest BCUT2D eigenvalue weighted by Crippen LogP contribution is -2.43. The van der Waals surface area contributed by atoms with E-state index in [1.54, 1.807) is 6.07 Å². The summed E-state index contributed by atoms with van der Waals surface area (Å²) >= 11 is 1.32. The maximum atomic E-state index is 13.5. The number of nitrogens with zero attached hydrogens (tertiary/aromatic N) is 1. The lowest BCUT2D eigenvalue weighted by atomic mass is 10.0. The van der Waals surface area contributed by atoms with Crippen molar-refractivity contribution in [3.63, 3.8) is 0 Å². The van der Waals surface area contributed by atoms with Gasteiger partial charge in [0.25, 0.3) is 5.91 Å². The zero-order valence-electron chi connectivity index (χ0n) is 15.8. The molecular weight excluding hydrogens is 375 g/mol. The highest BCUT2D eigenvalue weighted by Gasteiger charge is 2.21. The minimum atomic E-state index is -0.286. The molecule has 1 atom stereocenters. The van der Waals surface area contributed by atoms with Gasteiger partial charge in [0, 0.05) is 24.3 Å². The minimum absolute atomic E-state index is 0.117. The van der Waals surface area contributed by atoms with E-state index in [4.69, 9.17) is 4.74 Å². The van der Waals surface area contributed by atoms with Crippen LogP contribution < -0.4 is 5.32 Å². The second-order valence-electron chi connectivity index (χ2n) is 7.14. The van der Waals surface area contributed by atoms with E-state index in [-0.39, 0.29) is 17.8 Å². The highest BCUT2D eigenvalue weighted by Crippen LogP contribution is 2.27. The van der Waals surface area contributed by atoms with Crippen LogP contribution in [-0.4, -0.2) is 43.7 Å². The molecular formula is C22H23FN2O2S. The number of thiophene rings is 1. The zero-order chi connectivity index (χ0) is 19.5. The number of hydrogen-bond donors (Lipinski definition) is 1. The first-order chi connectivity index (χ1) is 13.6. The second kappa shape index (κ2) is 8.39. The lowest BCUT2D eigenvalue weighted by Gasteiger charge is -2.31. The summed E-state index contributed by atoms with van der Waals surface area (Å²) in [6, 6.07) is 14.6. The predicted molar refractivity (Wildman–Crippen MR) is 110 cm³/mol. The summed E-state index contributed by atoms with van der Waals surface area (Å²) in [6.07, 6.45) is 0. The normalized spacial score (nSPS) is 16.2. The molecule has 0 spiro atoms. The summed E-state index contributed by atoms with van der Waals surface area (Å²) in [5.41, 5.74) is 2.27. The van der Waals surface area contributed by atoms with E-state index in [1.807, 2.05) is 6.07 Å². The highest BCUT2D eigenvalue weighted by molar-refractivity contribution is 7.20. The molecule has 3 aromatic rings. The molecule has 1 aliphatic heterocycles. The van der Waals surface area contributed by atoms with E-state index < -0.39 is 0 Å². The predicted octanol–water partition coefficient (Wildman–Crippen LogP) is 4.15. The third-order valence-corrected chi connectivity index (χ3v) is 6.13. The van der Waals surface area contributed by atoms with Crippen LogP contribution in [0.4, 0.5) is 4.39 Å². The SMILES string of the molecule is Cc1ccc([C@@H](CN2CCOCC2)NC(=O)c2cc3ccc(F)cc3s2)cc1. The number of amides is 1. The summed E-state index contributed by atoms with van der Waals surface area (Å²) in [4.78, 5) is 15.9. The van der Waals surface area contributed by atoms with Crippen molar-refractivity contribution < 1.29 is 13.9 Å². The maximum Gasteiger partial charge on any atom is 0.261 e. The summed E-state index contributed by atoms with van der Waals surface area (Å²) in [7, 11) is 0. The molecule has 1 N–H and O–H groups in total. The Morgan fingerprint density at radius 1 is 1.18 bits per heavy atom. The van der Waals surface area contributed by atoms with E-state index in [2.05, 4.69) is 41.4 Å². The maximum absolute atomic E-state index is 13.5. The fraction of sp³-hybridized carbons (Fsp3) is 0.318. The van der Waals surface area contributed by atoms with Crippen LogP contribution in [0.3, 0.4) is 0 Å². The number of aryl methyl sites for hydroxylation is 1. The van der Waals surface area contributed by atoms with Crippen LogP contribution >= 0.6 is 11.3 Å². The summed E-state index contributed by atoms with van der Waals surface area (Å²) < 4.78 is 19.7. The first-order valence-corrected chi connectivity index (χ1v) is 10.3. The van der Waals surface area contributed by atoms with Crippen LogP contribution in [0.15, 0.2) is 48.5 Å². The van der Waals surface area contributed by atoms with Gasteiger partial charge in [-0.3, -0.25) is 9.69 Å². The first-order valence-electron chi connectivity index (χ1n) is 9.45. The fourth-order valence-electron chi connectivity index (χ4n) is 3.42.